The average Bonchev–Trinajstić information content (AvgIpc) is 2.44. The molecule has 0 N–H and O–H groups in total. The Morgan fingerprint density at radius 3 is 1.71 bits per heavy atom. The average molecular weight is 309 g/mol. The highest BCUT2D eigenvalue weighted by molar-refractivity contribution is 7.93. The number of nitrogens with zero attached hydrogens (tertiary/aromatic N) is 3. The summed E-state index contributed by atoms with van der Waals surface area (Å²) in [6.45, 7) is 2.40. The third-order valence-corrected chi connectivity index (χ3v) is 4.47. The van der Waals surface area contributed by atoms with Crippen molar-refractivity contribution >= 4 is 10.0 Å². The monoisotopic (exact) mass is 309 g/mol. The SMILES string of the molecule is CC#CS(=O)(=O)N(CCCCCC#N)CCCCCC#N. The van der Waals surface area contributed by atoms with Gasteiger partial charge in [0.25, 0.3) is 10.0 Å². The van der Waals surface area contributed by atoms with Gasteiger partial charge in [-0.1, -0.05) is 18.8 Å². The molecule has 0 unspecified atom stereocenters. The minimum absolute atomic E-state index is 0.445. The van der Waals surface area contributed by atoms with E-state index in [9.17, 15) is 8.42 Å². The van der Waals surface area contributed by atoms with Crippen LogP contribution < -0.4 is 0 Å². The minimum atomic E-state index is -3.52. The second-order valence-electron chi connectivity index (χ2n) is 4.69. The molecule has 0 bridgehead atoms. The summed E-state index contributed by atoms with van der Waals surface area (Å²) in [6, 6.07) is 4.16. The van der Waals surface area contributed by atoms with E-state index in [2.05, 4.69) is 23.3 Å². The molecule has 0 aliphatic heterocycles. The molecular weight excluding hydrogens is 286 g/mol. The van der Waals surface area contributed by atoms with Crippen LogP contribution in [0.5, 0.6) is 0 Å². The first-order valence-electron chi connectivity index (χ1n) is 7.26. The van der Waals surface area contributed by atoms with E-state index in [-0.39, 0.29) is 0 Å². The van der Waals surface area contributed by atoms with Gasteiger partial charge in [-0.3, -0.25) is 0 Å². The number of unbranched alkanes of at least 4 members (excludes halogenated alkanes) is 6. The summed E-state index contributed by atoms with van der Waals surface area (Å²) < 4.78 is 25.5. The first kappa shape index (κ1) is 19.4. The van der Waals surface area contributed by atoms with Crippen LogP contribution in [0, 0.1) is 33.8 Å². The minimum Gasteiger partial charge on any atom is -0.198 e. The fraction of sp³-hybridized carbons (Fsp3) is 0.733. The molecule has 0 saturated heterocycles. The third-order valence-electron chi connectivity index (χ3n) is 2.96. The van der Waals surface area contributed by atoms with Crippen LogP contribution in [0.4, 0.5) is 0 Å². The normalized spacial score (nSPS) is 10.5. The fourth-order valence-corrected chi connectivity index (χ4v) is 3.01. The van der Waals surface area contributed by atoms with Crippen molar-refractivity contribution in [2.24, 2.45) is 0 Å². The van der Waals surface area contributed by atoms with Crippen LogP contribution >= 0.6 is 0 Å². The lowest BCUT2D eigenvalue weighted by atomic mass is 10.2. The van der Waals surface area contributed by atoms with Crippen molar-refractivity contribution < 1.29 is 8.42 Å². The molecule has 6 heteroatoms. The van der Waals surface area contributed by atoms with Gasteiger partial charge in [0.15, 0.2) is 0 Å². The predicted octanol–water partition coefficient (Wildman–Crippen LogP) is 2.77. The van der Waals surface area contributed by atoms with Crippen LogP contribution in [0.25, 0.3) is 0 Å². The molecule has 0 aliphatic rings. The van der Waals surface area contributed by atoms with Gasteiger partial charge in [0, 0.05) is 31.2 Å². The Bertz CT molecular complexity index is 494. The van der Waals surface area contributed by atoms with Crippen molar-refractivity contribution in [1.82, 2.24) is 4.31 Å². The lowest BCUT2D eigenvalue weighted by Gasteiger charge is -2.18. The van der Waals surface area contributed by atoms with E-state index in [4.69, 9.17) is 10.5 Å². The Morgan fingerprint density at radius 1 is 0.857 bits per heavy atom. The number of hydrogen-bond donors (Lipinski definition) is 0. The molecule has 116 valence electrons. The largest absolute Gasteiger partial charge is 0.282 e. The van der Waals surface area contributed by atoms with Crippen molar-refractivity contribution in [3.8, 4) is 23.3 Å². The maximum absolute atomic E-state index is 12.0. The second-order valence-corrected chi connectivity index (χ2v) is 6.36. The fourth-order valence-electron chi connectivity index (χ4n) is 1.88. The maximum Gasteiger partial charge on any atom is 0.282 e. The van der Waals surface area contributed by atoms with Gasteiger partial charge in [0.2, 0.25) is 0 Å². The molecule has 0 rings (SSSR count). The van der Waals surface area contributed by atoms with E-state index in [1.165, 1.54) is 11.2 Å². The molecule has 0 aliphatic carbocycles. The van der Waals surface area contributed by atoms with Crippen molar-refractivity contribution in [1.29, 1.82) is 10.5 Å². The van der Waals surface area contributed by atoms with Crippen LogP contribution in [0.1, 0.15) is 58.3 Å². The summed E-state index contributed by atoms with van der Waals surface area (Å²) in [5.74, 6) is 2.44. The van der Waals surface area contributed by atoms with Crippen molar-refractivity contribution in [2.75, 3.05) is 13.1 Å². The topological polar surface area (TPSA) is 85.0 Å². The molecule has 0 heterocycles. The lowest BCUT2D eigenvalue weighted by Crippen LogP contribution is -2.31. The van der Waals surface area contributed by atoms with Gasteiger partial charge in [-0.25, -0.2) is 0 Å². The first-order chi connectivity index (χ1) is 10.1. The standard InChI is InChI=1S/C15H23N3O2S/c1-2-15-21(19,20)18(13-9-5-3-7-11-16)14-10-6-4-8-12-17/h3-10,13-14H2,1H3. The second kappa shape index (κ2) is 12.2. The lowest BCUT2D eigenvalue weighted by molar-refractivity contribution is 0.393. The van der Waals surface area contributed by atoms with Crippen LogP contribution in [0.3, 0.4) is 0 Å². The molecule has 0 saturated carbocycles. The van der Waals surface area contributed by atoms with E-state index < -0.39 is 10.0 Å². The highest BCUT2D eigenvalue weighted by atomic mass is 32.2. The summed E-state index contributed by atoms with van der Waals surface area (Å²) in [5.41, 5.74) is 0. The number of nitriles is 2. The number of rotatable bonds is 11. The Balaban J connectivity index is 4.32. The predicted molar refractivity (Wildman–Crippen MR) is 82.1 cm³/mol. The quantitative estimate of drug-likeness (QED) is 0.434. The van der Waals surface area contributed by atoms with Gasteiger partial charge < -0.3 is 0 Å². The smallest absolute Gasteiger partial charge is 0.198 e. The molecule has 0 aromatic heterocycles. The summed E-state index contributed by atoms with van der Waals surface area (Å²) in [4.78, 5) is 0. The molecule has 0 aromatic carbocycles. The zero-order chi connectivity index (χ0) is 16.0. The number of sulfonamides is 1. The van der Waals surface area contributed by atoms with E-state index in [1.807, 2.05) is 0 Å². The molecule has 0 fully saturated rings. The Hall–Kier alpha value is -1.55. The van der Waals surface area contributed by atoms with Crippen molar-refractivity contribution in [2.45, 2.75) is 58.3 Å². The van der Waals surface area contributed by atoms with Gasteiger partial charge in [-0.2, -0.15) is 23.2 Å². The number of hydrogen-bond acceptors (Lipinski definition) is 4. The summed E-state index contributed by atoms with van der Waals surface area (Å²) in [6.07, 6.45) is 5.78. The van der Waals surface area contributed by atoms with E-state index in [1.54, 1.807) is 0 Å². The molecule has 0 spiro atoms. The van der Waals surface area contributed by atoms with Crippen LogP contribution in [-0.2, 0) is 10.0 Å². The van der Waals surface area contributed by atoms with E-state index in [0.29, 0.717) is 25.9 Å². The maximum atomic E-state index is 12.0. The van der Waals surface area contributed by atoms with Crippen LogP contribution in [0.2, 0.25) is 0 Å². The molecule has 0 amide bonds. The van der Waals surface area contributed by atoms with E-state index in [0.717, 1.165) is 38.5 Å². The summed E-state index contributed by atoms with van der Waals surface area (Å²) >= 11 is 0. The Labute approximate surface area is 128 Å². The first-order valence-corrected chi connectivity index (χ1v) is 8.70. The van der Waals surface area contributed by atoms with Crippen molar-refractivity contribution in [3.63, 3.8) is 0 Å². The van der Waals surface area contributed by atoms with Gasteiger partial charge in [-0.05, 0) is 32.6 Å². The van der Waals surface area contributed by atoms with Crippen LogP contribution in [-0.4, -0.2) is 25.8 Å². The van der Waals surface area contributed by atoms with Crippen LogP contribution in [0.15, 0.2) is 0 Å². The molecule has 0 atom stereocenters. The van der Waals surface area contributed by atoms with Gasteiger partial charge >= 0.3 is 0 Å². The molecule has 0 radical (unpaired) electrons. The zero-order valence-electron chi connectivity index (χ0n) is 12.6. The highest BCUT2D eigenvalue weighted by Gasteiger charge is 2.18. The van der Waals surface area contributed by atoms with Gasteiger partial charge in [-0.15, -0.1) is 0 Å². The highest BCUT2D eigenvalue weighted by Crippen LogP contribution is 2.09. The summed E-state index contributed by atoms with van der Waals surface area (Å²) in [5, 5.41) is 19.2. The van der Waals surface area contributed by atoms with E-state index >= 15 is 0 Å². The Kier molecular flexibility index (Phi) is 11.3. The van der Waals surface area contributed by atoms with Gasteiger partial charge in [0.1, 0.15) is 0 Å². The summed E-state index contributed by atoms with van der Waals surface area (Å²) in [7, 11) is -3.52. The molecule has 21 heavy (non-hydrogen) atoms. The molecular formula is C15H23N3O2S. The molecule has 5 nitrogen and oxygen atoms in total. The third kappa shape index (κ3) is 9.91. The zero-order valence-corrected chi connectivity index (χ0v) is 13.5. The molecule has 0 aromatic rings. The van der Waals surface area contributed by atoms with Crippen molar-refractivity contribution in [3.05, 3.63) is 0 Å². The van der Waals surface area contributed by atoms with Gasteiger partial charge in [0.05, 0.1) is 12.1 Å². The Morgan fingerprint density at radius 2 is 1.33 bits per heavy atom.